The highest BCUT2D eigenvalue weighted by atomic mass is 16.7. The van der Waals surface area contributed by atoms with E-state index in [4.69, 9.17) is 52.1 Å². The number of benzene rings is 2. The van der Waals surface area contributed by atoms with Crippen molar-refractivity contribution in [2.24, 2.45) is 0 Å². The quantitative estimate of drug-likeness (QED) is 0.138. The predicted molar refractivity (Wildman–Crippen MR) is 174 cm³/mol. The Morgan fingerprint density at radius 1 is 0.654 bits per heavy atom. The maximum absolute atomic E-state index is 12.5. The van der Waals surface area contributed by atoms with Gasteiger partial charge >= 0.3 is 35.8 Å². The summed E-state index contributed by atoms with van der Waals surface area (Å²) in [4.78, 5) is 72.7. The van der Waals surface area contributed by atoms with Crippen molar-refractivity contribution in [2.75, 3.05) is 27.4 Å². The van der Waals surface area contributed by atoms with Gasteiger partial charge < -0.3 is 52.1 Å². The van der Waals surface area contributed by atoms with E-state index >= 15 is 0 Å². The summed E-state index contributed by atoms with van der Waals surface area (Å²) < 4.78 is 62.0. The largest absolute Gasteiger partial charge is 0.493 e. The molecule has 1 saturated heterocycles. The minimum Gasteiger partial charge on any atom is -0.493 e. The van der Waals surface area contributed by atoms with E-state index in [1.54, 1.807) is 24.3 Å². The molecule has 0 saturated carbocycles. The number of esters is 6. The molecule has 17 nitrogen and oxygen atoms in total. The standard InChI is InChI=1S/C35H42O17/c1-18(36)44-16-30-32(48-21(4)39)33(49-22(5)40)34(50-23(6)41)35(52-30)45-17-29(51-26-12-10-9-11-25(26)42-7)31(47-20(3)38)24-13-14-27(46-19(2)37)28(15-24)43-8/h9-15,29-35H,16-17H2,1-8H3/t29-,30+,31-,32+,33-,34+,35+/m0/s1. The number of rotatable bonds is 16. The normalized spacial score (nSPS) is 20.6. The van der Waals surface area contributed by atoms with Crippen molar-refractivity contribution in [2.45, 2.75) is 84.5 Å². The summed E-state index contributed by atoms with van der Waals surface area (Å²) in [6.45, 7) is 5.84. The van der Waals surface area contributed by atoms with Crippen molar-refractivity contribution >= 4 is 35.8 Å². The van der Waals surface area contributed by atoms with Gasteiger partial charge in [0.15, 0.2) is 59.8 Å². The molecular weight excluding hydrogens is 692 g/mol. The van der Waals surface area contributed by atoms with Crippen LogP contribution in [0.25, 0.3) is 0 Å². The molecule has 1 heterocycles. The number of methoxy groups -OCH3 is 2. The van der Waals surface area contributed by atoms with Gasteiger partial charge in [-0.2, -0.15) is 0 Å². The van der Waals surface area contributed by atoms with Gasteiger partial charge in [-0.05, 0) is 24.3 Å². The van der Waals surface area contributed by atoms with E-state index in [1.807, 2.05) is 0 Å². The fraction of sp³-hybridized carbons (Fsp3) is 0.486. The molecule has 17 heteroatoms. The molecule has 0 amide bonds. The summed E-state index contributed by atoms with van der Waals surface area (Å²) in [6.07, 6.45) is -9.82. The van der Waals surface area contributed by atoms with E-state index in [2.05, 4.69) is 0 Å². The molecule has 1 fully saturated rings. The number of carbonyl (C=O) groups is 6. The lowest BCUT2D eigenvalue weighted by Gasteiger charge is -2.44. The number of para-hydroxylation sites is 2. The second kappa shape index (κ2) is 19.3. The van der Waals surface area contributed by atoms with Crippen molar-refractivity contribution in [3.8, 4) is 23.0 Å². The molecule has 0 radical (unpaired) electrons. The molecule has 0 N–H and O–H groups in total. The fourth-order valence-electron chi connectivity index (χ4n) is 5.21. The van der Waals surface area contributed by atoms with Crippen molar-refractivity contribution in [3.63, 3.8) is 0 Å². The summed E-state index contributed by atoms with van der Waals surface area (Å²) >= 11 is 0. The molecule has 1 aliphatic heterocycles. The molecule has 0 bridgehead atoms. The first-order valence-corrected chi connectivity index (χ1v) is 15.9. The summed E-state index contributed by atoms with van der Waals surface area (Å²) in [5.74, 6) is -3.74. The summed E-state index contributed by atoms with van der Waals surface area (Å²) in [7, 11) is 2.77. The monoisotopic (exact) mass is 734 g/mol. The minimum atomic E-state index is -1.58. The Morgan fingerprint density at radius 3 is 1.81 bits per heavy atom. The minimum absolute atomic E-state index is 0.0938. The fourth-order valence-corrected chi connectivity index (χ4v) is 5.21. The summed E-state index contributed by atoms with van der Waals surface area (Å²) in [6, 6.07) is 11.0. The second-order valence-electron chi connectivity index (χ2n) is 11.2. The van der Waals surface area contributed by atoms with Crippen LogP contribution in [-0.4, -0.2) is 100 Å². The Bertz CT molecular complexity index is 1590. The second-order valence-corrected chi connectivity index (χ2v) is 11.2. The molecule has 0 aliphatic carbocycles. The Hall–Kier alpha value is -5.42. The Labute approximate surface area is 299 Å². The van der Waals surface area contributed by atoms with Crippen LogP contribution in [0.4, 0.5) is 0 Å². The van der Waals surface area contributed by atoms with Crippen molar-refractivity contribution < 1.29 is 80.9 Å². The van der Waals surface area contributed by atoms with Gasteiger partial charge in [0.1, 0.15) is 12.7 Å². The van der Waals surface area contributed by atoms with Crippen molar-refractivity contribution in [3.05, 3.63) is 48.0 Å². The average molecular weight is 735 g/mol. The van der Waals surface area contributed by atoms with Gasteiger partial charge in [-0.25, -0.2) is 0 Å². The van der Waals surface area contributed by atoms with Gasteiger partial charge in [0, 0.05) is 47.1 Å². The molecule has 3 rings (SSSR count). The molecule has 0 aromatic heterocycles. The van der Waals surface area contributed by atoms with Crippen molar-refractivity contribution in [1.29, 1.82) is 0 Å². The average Bonchev–Trinajstić information content (AvgIpc) is 3.06. The van der Waals surface area contributed by atoms with Gasteiger partial charge in [0.2, 0.25) is 0 Å². The van der Waals surface area contributed by atoms with E-state index in [9.17, 15) is 28.8 Å². The Kier molecular flexibility index (Phi) is 15.2. The van der Waals surface area contributed by atoms with E-state index in [1.165, 1.54) is 46.3 Å². The smallest absolute Gasteiger partial charge is 0.308 e. The molecule has 7 atom stereocenters. The third-order valence-electron chi connectivity index (χ3n) is 7.12. The van der Waals surface area contributed by atoms with Crippen LogP contribution in [0.1, 0.15) is 53.2 Å². The molecular formula is C35H42O17. The SMILES string of the molecule is COc1cc([C@H](OC(C)=O)[C@H](CO[C@@H]2O[C@H](COC(C)=O)[C@@H](OC(C)=O)[C@H](OC(C)=O)[C@H]2OC(C)=O)Oc2ccccc2OC)ccc1OC(C)=O. The summed E-state index contributed by atoms with van der Waals surface area (Å²) in [5, 5.41) is 0. The van der Waals surface area contributed by atoms with E-state index < -0.39 is 91.9 Å². The van der Waals surface area contributed by atoms with Gasteiger partial charge in [-0.1, -0.05) is 18.2 Å². The van der Waals surface area contributed by atoms with Crippen LogP contribution < -0.4 is 18.9 Å². The van der Waals surface area contributed by atoms with Gasteiger partial charge in [0.25, 0.3) is 0 Å². The lowest BCUT2D eigenvalue weighted by Crippen LogP contribution is -2.63. The van der Waals surface area contributed by atoms with Crippen LogP contribution in [0.15, 0.2) is 42.5 Å². The molecule has 1 aliphatic rings. The highest BCUT2D eigenvalue weighted by molar-refractivity contribution is 5.71. The number of carbonyl (C=O) groups excluding carboxylic acids is 6. The topological polar surface area (TPSA) is 204 Å². The van der Waals surface area contributed by atoms with E-state index in [0.717, 1.165) is 27.7 Å². The van der Waals surface area contributed by atoms with Crippen LogP contribution in [0, 0.1) is 0 Å². The third-order valence-corrected chi connectivity index (χ3v) is 7.12. The van der Waals surface area contributed by atoms with Crippen LogP contribution in [0.5, 0.6) is 23.0 Å². The van der Waals surface area contributed by atoms with Crippen LogP contribution in [0.2, 0.25) is 0 Å². The Morgan fingerprint density at radius 2 is 1.25 bits per heavy atom. The zero-order valence-corrected chi connectivity index (χ0v) is 29.9. The van der Waals surface area contributed by atoms with Crippen LogP contribution in [-0.2, 0) is 61.9 Å². The maximum atomic E-state index is 12.5. The molecule has 2 aromatic carbocycles. The molecule has 0 unspecified atom stereocenters. The zero-order chi connectivity index (χ0) is 38.5. The Balaban J connectivity index is 2.13. The molecule has 284 valence electrons. The van der Waals surface area contributed by atoms with Crippen LogP contribution >= 0.6 is 0 Å². The first-order valence-electron chi connectivity index (χ1n) is 15.9. The first kappa shape index (κ1) is 41.0. The highest BCUT2D eigenvalue weighted by Gasteiger charge is 2.53. The predicted octanol–water partition coefficient (Wildman–Crippen LogP) is 2.78. The number of hydrogen-bond acceptors (Lipinski definition) is 17. The third kappa shape index (κ3) is 11.8. The lowest BCUT2D eigenvalue weighted by molar-refractivity contribution is -0.311. The molecule has 0 spiro atoms. The molecule has 52 heavy (non-hydrogen) atoms. The first-order chi connectivity index (χ1) is 24.6. The van der Waals surface area contributed by atoms with Gasteiger partial charge in [-0.3, -0.25) is 28.8 Å². The number of hydrogen-bond donors (Lipinski definition) is 0. The lowest BCUT2D eigenvalue weighted by atomic mass is 9.98. The van der Waals surface area contributed by atoms with Gasteiger partial charge in [0.05, 0.1) is 20.8 Å². The highest BCUT2D eigenvalue weighted by Crippen LogP contribution is 2.37. The van der Waals surface area contributed by atoms with E-state index in [0.29, 0.717) is 11.3 Å². The van der Waals surface area contributed by atoms with Gasteiger partial charge in [-0.15, -0.1) is 0 Å². The van der Waals surface area contributed by atoms with E-state index in [-0.39, 0.29) is 17.2 Å². The zero-order valence-electron chi connectivity index (χ0n) is 29.9. The van der Waals surface area contributed by atoms with Crippen LogP contribution in [0.3, 0.4) is 0 Å². The molecule has 2 aromatic rings. The summed E-state index contributed by atoms with van der Waals surface area (Å²) in [5.41, 5.74) is 0.313. The maximum Gasteiger partial charge on any atom is 0.308 e. The van der Waals surface area contributed by atoms with Crippen molar-refractivity contribution in [1.82, 2.24) is 0 Å². The number of ether oxygens (including phenoxy) is 11.